The molecule has 0 aliphatic rings. The third kappa shape index (κ3) is 3.82. The van der Waals surface area contributed by atoms with Crippen molar-refractivity contribution >= 4 is 29.0 Å². The summed E-state index contributed by atoms with van der Waals surface area (Å²) in [6.07, 6.45) is 0. The van der Waals surface area contributed by atoms with Crippen LogP contribution in [-0.4, -0.2) is 16.6 Å². The van der Waals surface area contributed by atoms with Crippen LogP contribution in [0.1, 0.15) is 17.3 Å². The molecule has 1 amide bonds. The number of non-ortho nitro benzene ring substituents is 1. The predicted octanol–water partition coefficient (Wildman–Crippen LogP) is 3.96. The van der Waals surface area contributed by atoms with E-state index in [9.17, 15) is 14.9 Å². The fourth-order valence-corrected chi connectivity index (χ4v) is 2.60. The first-order valence-electron chi connectivity index (χ1n) is 6.39. The van der Waals surface area contributed by atoms with Gasteiger partial charge in [-0.25, -0.2) is 0 Å². The number of amides is 1. The van der Waals surface area contributed by atoms with E-state index in [2.05, 4.69) is 5.32 Å². The smallest absolute Gasteiger partial charge is 0.269 e. The summed E-state index contributed by atoms with van der Waals surface area (Å²) in [4.78, 5) is 23.3. The fourth-order valence-electron chi connectivity index (χ4n) is 1.80. The minimum absolute atomic E-state index is 0.00469. The summed E-state index contributed by atoms with van der Waals surface area (Å²) < 4.78 is 0. The number of carbonyl (C=O) groups is 1. The Bertz CT molecular complexity index is 656. The number of hydrogen-bond acceptors (Lipinski definition) is 4. The molecular weight excluding hydrogens is 288 g/mol. The summed E-state index contributed by atoms with van der Waals surface area (Å²) >= 11 is 1.60. The van der Waals surface area contributed by atoms with E-state index in [0.717, 1.165) is 10.6 Å². The standard InChI is InChI=1S/C15H14N2O3S/c1-2-21-14-6-4-3-5-13(14)15(18)16-11-7-9-12(10-8-11)17(19)20/h3-10H,2H2,1H3,(H,16,18). The molecule has 2 aromatic rings. The molecule has 1 N–H and O–H groups in total. The minimum atomic E-state index is -0.473. The first-order valence-corrected chi connectivity index (χ1v) is 7.38. The van der Waals surface area contributed by atoms with Crippen molar-refractivity contribution in [1.82, 2.24) is 0 Å². The maximum Gasteiger partial charge on any atom is 0.269 e. The van der Waals surface area contributed by atoms with Crippen molar-refractivity contribution in [3.05, 3.63) is 64.2 Å². The highest BCUT2D eigenvalue weighted by Gasteiger charge is 2.12. The van der Waals surface area contributed by atoms with Crippen LogP contribution >= 0.6 is 11.8 Å². The van der Waals surface area contributed by atoms with Gasteiger partial charge in [0.05, 0.1) is 10.5 Å². The average Bonchev–Trinajstić information content (AvgIpc) is 2.48. The third-order valence-corrected chi connectivity index (χ3v) is 3.72. The number of anilines is 1. The molecule has 0 saturated carbocycles. The molecule has 0 atom stereocenters. The van der Waals surface area contributed by atoms with E-state index in [-0.39, 0.29) is 11.6 Å². The van der Waals surface area contributed by atoms with Crippen molar-refractivity contribution < 1.29 is 9.72 Å². The van der Waals surface area contributed by atoms with Crippen LogP contribution in [0.25, 0.3) is 0 Å². The van der Waals surface area contributed by atoms with Crippen LogP contribution in [-0.2, 0) is 0 Å². The molecule has 0 radical (unpaired) electrons. The molecule has 0 bridgehead atoms. The van der Waals surface area contributed by atoms with Crippen LogP contribution in [0.5, 0.6) is 0 Å². The zero-order valence-corrected chi connectivity index (χ0v) is 12.2. The minimum Gasteiger partial charge on any atom is -0.322 e. The lowest BCUT2D eigenvalue weighted by atomic mass is 10.2. The Labute approximate surface area is 126 Å². The fraction of sp³-hybridized carbons (Fsp3) is 0.133. The van der Waals surface area contributed by atoms with Gasteiger partial charge in [0.1, 0.15) is 0 Å². The highest BCUT2D eigenvalue weighted by atomic mass is 32.2. The summed E-state index contributed by atoms with van der Waals surface area (Å²) in [5.74, 6) is 0.655. The van der Waals surface area contributed by atoms with Gasteiger partial charge in [0.15, 0.2) is 0 Å². The number of nitrogens with zero attached hydrogens (tertiary/aromatic N) is 1. The lowest BCUT2D eigenvalue weighted by Gasteiger charge is -2.09. The van der Waals surface area contributed by atoms with Crippen molar-refractivity contribution in [3.63, 3.8) is 0 Å². The molecule has 0 heterocycles. The Morgan fingerprint density at radius 1 is 1.19 bits per heavy atom. The zero-order chi connectivity index (χ0) is 15.2. The highest BCUT2D eigenvalue weighted by molar-refractivity contribution is 7.99. The van der Waals surface area contributed by atoms with E-state index in [4.69, 9.17) is 0 Å². The van der Waals surface area contributed by atoms with E-state index in [1.165, 1.54) is 24.3 Å². The van der Waals surface area contributed by atoms with Gasteiger partial charge in [-0.1, -0.05) is 19.1 Å². The molecule has 0 spiro atoms. The maximum absolute atomic E-state index is 12.3. The van der Waals surface area contributed by atoms with E-state index < -0.39 is 4.92 Å². The van der Waals surface area contributed by atoms with E-state index in [1.807, 2.05) is 25.1 Å². The van der Waals surface area contributed by atoms with Gasteiger partial charge in [-0.15, -0.1) is 11.8 Å². The Hall–Kier alpha value is -2.34. The molecule has 0 saturated heterocycles. The van der Waals surface area contributed by atoms with Crippen molar-refractivity contribution in [2.24, 2.45) is 0 Å². The number of hydrogen-bond donors (Lipinski definition) is 1. The number of rotatable bonds is 5. The third-order valence-electron chi connectivity index (χ3n) is 2.77. The second-order valence-corrected chi connectivity index (χ2v) is 5.49. The molecule has 0 aromatic heterocycles. The van der Waals surface area contributed by atoms with Crippen molar-refractivity contribution in [1.29, 1.82) is 0 Å². The van der Waals surface area contributed by atoms with Gasteiger partial charge in [0, 0.05) is 22.7 Å². The molecule has 5 nitrogen and oxygen atoms in total. The van der Waals surface area contributed by atoms with Crippen molar-refractivity contribution in [3.8, 4) is 0 Å². The van der Waals surface area contributed by atoms with E-state index in [0.29, 0.717) is 11.3 Å². The van der Waals surface area contributed by atoms with Crippen LogP contribution in [0.4, 0.5) is 11.4 Å². The maximum atomic E-state index is 12.3. The number of nitrogens with one attached hydrogen (secondary N) is 1. The van der Waals surface area contributed by atoms with Gasteiger partial charge in [0.2, 0.25) is 0 Å². The quantitative estimate of drug-likeness (QED) is 0.515. The Morgan fingerprint density at radius 3 is 2.48 bits per heavy atom. The summed E-state index contributed by atoms with van der Waals surface area (Å²) in [5.41, 5.74) is 1.12. The molecular formula is C15H14N2O3S. The van der Waals surface area contributed by atoms with Gasteiger partial charge in [-0.2, -0.15) is 0 Å². The number of nitro groups is 1. The summed E-state index contributed by atoms with van der Waals surface area (Å²) in [5, 5.41) is 13.3. The zero-order valence-electron chi connectivity index (χ0n) is 11.4. The SMILES string of the molecule is CCSc1ccccc1C(=O)Nc1ccc([N+](=O)[O-])cc1. The normalized spacial score (nSPS) is 10.1. The number of thioether (sulfide) groups is 1. The van der Waals surface area contributed by atoms with Crippen LogP contribution in [0, 0.1) is 10.1 Å². The Morgan fingerprint density at radius 2 is 1.86 bits per heavy atom. The van der Waals surface area contributed by atoms with Gasteiger partial charge in [0.25, 0.3) is 11.6 Å². The van der Waals surface area contributed by atoms with Gasteiger partial charge in [-0.3, -0.25) is 14.9 Å². The van der Waals surface area contributed by atoms with Crippen LogP contribution < -0.4 is 5.32 Å². The van der Waals surface area contributed by atoms with Gasteiger partial charge < -0.3 is 5.32 Å². The molecule has 0 aliphatic heterocycles. The first kappa shape index (κ1) is 15.1. The monoisotopic (exact) mass is 302 g/mol. The number of benzene rings is 2. The summed E-state index contributed by atoms with van der Waals surface area (Å²) in [7, 11) is 0. The molecule has 21 heavy (non-hydrogen) atoms. The predicted molar refractivity (Wildman–Crippen MR) is 83.9 cm³/mol. The molecule has 0 unspecified atom stereocenters. The molecule has 0 aliphatic carbocycles. The van der Waals surface area contributed by atoms with Crippen molar-refractivity contribution in [2.45, 2.75) is 11.8 Å². The summed E-state index contributed by atoms with van der Waals surface area (Å²) in [6.45, 7) is 2.02. The lowest BCUT2D eigenvalue weighted by molar-refractivity contribution is -0.384. The van der Waals surface area contributed by atoms with Crippen LogP contribution in [0.3, 0.4) is 0 Å². The van der Waals surface area contributed by atoms with E-state index >= 15 is 0 Å². The molecule has 6 heteroatoms. The van der Waals surface area contributed by atoms with Gasteiger partial charge in [-0.05, 0) is 30.0 Å². The highest BCUT2D eigenvalue weighted by Crippen LogP contribution is 2.23. The lowest BCUT2D eigenvalue weighted by Crippen LogP contribution is -2.12. The average molecular weight is 302 g/mol. The number of nitro benzene ring substituents is 1. The molecule has 0 fully saturated rings. The van der Waals surface area contributed by atoms with Gasteiger partial charge >= 0.3 is 0 Å². The molecule has 2 aromatic carbocycles. The summed E-state index contributed by atoms with van der Waals surface area (Å²) in [6, 6.07) is 13.1. The second-order valence-electron chi connectivity index (χ2n) is 4.19. The molecule has 2 rings (SSSR count). The van der Waals surface area contributed by atoms with Crippen LogP contribution in [0.2, 0.25) is 0 Å². The van der Waals surface area contributed by atoms with E-state index in [1.54, 1.807) is 17.8 Å². The molecule has 108 valence electrons. The Kier molecular flexibility index (Phi) is 4.94. The van der Waals surface area contributed by atoms with Crippen molar-refractivity contribution in [2.75, 3.05) is 11.1 Å². The van der Waals surface area contributed by atoms with Crippen LogP contribution in [0.15, 0.2) is 53.4 Å². The Balaban J connectivity index is 2.16. The second kappa shape index (κ2) is 6.90. The number of carbonyl (C=O) groups excluding carboxylic acids is 1. The topological polar surface area (TPSA) is 72.2 Å². The first-order chi connectivity index (χ1) is 10.1. The largest absolute Gasteiger partial charge is 0.322 e.